The van der Waals surface area contributed by atoms with Gasteiger partial charge in [-0.15, -0.1) is 0 Å². The van der Waals surface area contributed by atoms with E-state index in [9.17, 15) is 9.59 Å². The highest BCUT2D eigenvalue weighted by Gasteiger charge is 2.04. The van der Waals surface area contributed by atoms with Gasteiger partial charge in [-0.25, -0.2) is 0 Å². The minimum atomic E-state index is -0.658. The molecule has 0 aliphatic rings. The van der Waals surface area contributed by atoms with Crippen LogP contribution in [0.1, 0.15) is 10.4 Å². The van der Waals surface area contributed by atoms with Gasteiger partial charge in [-0.3, -0.25) is 20.4 Å². The van der Waals surface area contributed by atoms with Crippen LogP contribution in [-0.4, -0.2) is 23.5 Å². The maximum absolute atomic E-state index is 11.3. The van der Waals surface area contributed by atoms with Crippen LogP contribution in [0.2, 0.25) is 0 Å². The lowest BCUT2D eigenvalue weighted by Gasteiger charge is -2.04. The standard InChI is InChI=1S/C9H10N2O3/c12-6-8(13)10-11-9(14)7-4-2-1-3-5-7/h1-5,12H,6H2,(H,10,13)(H,11,14). The average Bonchev–Trinajstić information content (AvgIpc) is 2.26. The number of amides is 2. The van der Waals surface area contributed by atoms with Crippen LogP contribution in [0.15, 0.2) is 30.3 Å². The quantitative estimate of drug-likeness (QED) is 0.552. The average molecular weight is 194 g/mol. The molecule has 0 aliphatic heterocycles. The smallest absolute Gasteiger partial charge is 0.269 e. The Balaban J connectivity index is 2.48. The maximum atomic E-state index is 11.3. The lowest BCUT2D eigenvalue weighted by atomic mass is 10.2. The number of hydrazine groups is 1. The van der Waals surface area contributed by atoms with Crippen LogP contribution in [0.25, 0.3) is 0 Å². The van der Waals surface area contributed by atoms with Gasteiger partial charge in [0, 0.05) is 5.56 Å². The van der Waals surface area contributed by atoms with E-state index in [1.807, 2.05) is 5.43 Å². The fraction of sp³-hybridized carbons (Fsp3) is 0.111. The number of hydrogen-bond donors (Lipinski definition) is 3. The topological polar surface area (TPSA) is 78.4 Å². The molecular weight excluding hydrogens is 184 g/mol. The molecule has 3 N–H and O–H groups in total. The lowest BCUT2D eigenvalue weighted by molar-refractivity contribution is -0.124. The molecule has 0 fully saturated rings. The van der Waals surface area contributed by atoms with Gasteiger partial charge in [-0.1, -0.05) is 18.2 Å². The van der Waals surface area contributed by atoms with E-state index in [1.54, 1.807) is 30.3 Å². The monoisotopic (exact) mass is 194 g/mol. The molecule has 1 aromatic rings. The van der Waals surface area contributed by atoms with E-state index in [0.29, 0.717) is 5.56 Å². The van der Waals surface area contributed by atoms with Crippen molar-refractivity contribution in [2.75, 3.05) is 6.61 Å². The number of carbonyl (C=O) groups is 2. The molecule has 0 bridgehead atoms. The second-order valence-corrected chi connectivity index (χ2v) is 2.53. The summed E-state index contributed by atoms with van der Waals surface area (Å²) in [6, 6.07) is 8.43. The molecule has 0 saturated heterocycles. The van der Waals surface area contributed by atoms with E-state index in [0.717, 1.165) is 0 Å². The first-order valence-corrected chi connectivity index (χ1v) is 3.99. The predicted octanol–water partition coefficient (Wildman–Crippen LogP) is -0.560. The van der Waals surface area contributed by atoms with E-state index in [2.05, 4.69) is 5.43 Å². The van der Waals surface area contributed by atoms with Crippen LogP contribution in [0, 0.1) is 0 Å². The zero-order chi connectivity index (χ0) is 10.4. The van der Waals surface area contributed by atoms with Gasteiger partial charge in [0.25, 0.3) is 11.8 Å². The van der Waals surface area contributed by atoms with Gasteiger partial charge in [-0.2, -0.15) is 0 Å². The number of nitrogens with one attached hydrogen (secondary N) is 2. The Labute approximate surface area is 80.7 Å². The molecule has 14 heavy (non-hydrogen) atoms. The molecule has 0 atom stereocenters. The summed E-state index contributed by atoms with van der Waals surface area (Å²) in [5.74, 6) is -1.08. The van der Waals surface area contributed by atoms with Crippen molar-refractivity contribution in [3.05, 3.63) is 35.9 Å². The molecule has 0 aliphatic carbocycles. The molecule has 0 aromatic heterocycles. The normalized spacial score (nSPS) is 9.21. The van der Waals surface area contributed by atoms with Crippen molar-refractivity contribution < 1.29 is 14.7 Å². The van der Waals surface area contributed by atoms with Gasteiger partial charge < -0.3 is 5.11 Å². The SMILES string of the molecule is O=C(CO)NNC(=O)c1ccccc1. The molecule has 5 heteroatoms. The van der Waals surface area contributed by atoms with E-state index in [-0.39, 0.29) is 0 Å². The van der Waals surface area contributed by atoms with Crippen LogP contribution in [0.5, 0.6) is 0 Å². The highest BCUT2D eigenvalue weighted by Crippen LogP contribution is 1.96. The number of rotatable bonds is 2. The first kappa shape index (κ1) is 10.2. The second kappa shape index (κ2) is 4.98. The number of hydrogen-bond acceptors (Lipinski definition) is 3. The van der Waals surface area contributed by atoms with Gasteiger partial charge in [0.05, 0.1) is 0 Å². The van der Waals surface area contributed by atoms with Crippen LogP contribution in [0.4, 0.5) is 0 Å². The van der Waals surface area contributed by atoms with Gasteiger partial charge in [0.1, 0.15) is 6.61 Å². The highest BCUT2D eigenvalue weighted by atomic mass is 16.3. The fourth-order valence-electron chi connectivity index (χ4n) is 0.828. The molecule has 5 nitrogen and oxygen atoms in total. The summed E-state index contributed by atoms with van der Waals surface area (Å²) in [6.07, 6.45) is 0. The third-order valence-electron chi connectivity index (χ3n) is 1.50. The van der Waals surface area contributed by atoms with E-state index >= 15 is 0 Å². The summed E-state index contributed by atoms with van der Waals surface area (Å²) in [4.78, 5) is 21.8. The Morgan fingerprint density at radius 2 is 1.79 bits per heavy atom. The van der Waals surface area contributed by atoms with Crippen molar-refractivity contribution in [3.63, 3.8) is 0 Å². The van der Waals surface area contributed by atoms with Gasteiger partial charge in [-0.05, 0) is 12.1 Å². The zero-order valence-corrected chi connectivity index (χ0v) is 7.36. The number of aliphatic hydroxyl groups is 1. The third-order valence-corrected chi connectivity index (χ3v) is 1.50. The highest BCUT2D eigenvalue weighted by molar-refractivity contribution is 5.95. The third kappa shape index (κ3) is 2.87. The predicted molar refractivity (Wildman–Crippen MR) is 49.1 cm³/mol. The van der Waals surface area contributed by atoms with Crippen molar-refractivity contribution in [3.8, 4) is 0 Å². The molecular formula is C9H10N2O3. The van der Waals surface area contributed by atoms with Crippen molar-refractivity contribution in [2.24, 2.45) is 0 Å². The Kier molecular flexibility index (Phi) is 3.63. The van der Waals surface area contributed by atoms with Crippen LogP contribution in [-0.2, 0) is 4.79 Å². The van der Waals surface area contributed by atoms with Crippen molar-refractivity contribution in [1.29, 1.82) is 0 Å². The largest absolute Gasteiger partial charge is 0.386 e. The lowest BCUT2D eigenvalue weighted by Crippen LogP contribution is -2.42. The van der Waals surface area contributed by atoms with Gasteiger partial charge >= 0.3 is 0 Å². The molecule has 2 amide bonds. The van der Waals surface area contributed by atoms with Crippen LogP contribution < -0.4 is 10.9 Å². The summed E-state index contributed by atoms with van der Waals surface area (Å²) >= 11 is 0. The van der Waals surface area contributed by atoms with Crippen LogP contribution in [0.3, 0.4) is 0 Å². The van der Waals surface area contributed by atoms with Crippen molar-refractivity contribution >= 4 is 11.8 Å². The molecule has 1 aromatic carbocycles. The van der Waals surface area contributed by atoms with Crippen molar-refractivity contribution in [1.82, 2.24) is 10.9 Å². The first-order chi connectivity index (χ1) is 6.74. The molecule has 0 unspecified atom stereocenters. The van der Waals surface area contributed by atoms with Crippen molar-refractivity contribution in [2.45, 2.75) is 0 Å². The van der Waals surface area contributed by atoms with E-state index in [1.165, 1.54) is 0 Å². The molecule has 0 radical (unpaired) electrons. The Morgan fingerprint density at radius 3 is 2.36 bits per heavy atom. The molecule has 74 valence electrons. The van der Waals surface area contributed by atoms with Gasteiger partial charge in [0.15, 0.2) is 0 Å². The summed E-state index contributed by atoms with van der Waals surface area (Å²) in [6.45, 7) is -0.658. The molecule has 0 heterocycles. The zero-order valence-electron chi connectivity index (χ0n) is 7.36. The number of aliphatic hydroxyl groups excluding tert-OH is 1. The Bertz CT molecular complexity index is 324. The van der Waals surface area contributed by atoms with Crippen LogP contribution >= 0.6 is 0 Å². The summed E-state index contributed by atoms with van der Waals surface area (Å²) in [5, 5.41) is 8.35. The number of benzene rings is 1. The maximum Gasteiger partial charge on any atom is 0.269 e. The summed E-state index contributed by atoms with van der Waals surface area (Å²) < 4.78 is 0. The summed E-state index contributed by atoms with van der Waals surface area (Å²) in [5.41, 5.74) is 4.63. The minimum absolute atomic E-state index is 0.424. The van der Waals surface area contributed by atoms with Gasteiger partial charge in [0.2, 0.25) is 0 Å². The second-order valence-electron chi connectivity index (χ2n) is 2.53. The number of carbonyl (C=O) groups excluding carboxylic acids is 2. The minimum Gasteiger partial charge on any atom is -0.386 e. The molecule has 0 spiro atoms. The molecule has 0 saturated carbocycles. The fourth-order valence-corrected chi connectivity index (χ4v) is 0.828. The van der Waals surface area contributed by atoms with E-state index < -0.39 is 18.4 Å². The molecule has 1 rings (SSSR count). The summed E-state index contributed by atoms with van der Waals surface area (Å²) in [7, 11) is 0. The Morgan fingerprint density at radius 1 is 1.14 bits per heavy atom. The van der Waals surface area contributed by atoms with E-state index in [4.69, 9.17) is 5.11 Å². The first-order valence-electron chi connectivity index (χ1n) is 3.99. The Hall–Kier alpha value is -1.88.